The van der Waals surface area contributed by atoms with Gasteiger partial charge in [0.15, 0.2) is 0 Å². The second kappa shape index (κ2) is 7.83. The van der Waals surface area contributed by atoms with Crippen LogP contribution >= 0.6 is 0 Å². The van der Waals surface area contributed by atoms with Crippen LogP contribution in [-0.2, 0) is 4.79 Å². The maximum absolute atomic E-state index is 12.4. The molecular weight excluding hydrogens is 314 g/mol. The summed E-state index contributed by atoms with van der Waals surface area (Å²) in [5, 5.41) is 5.92. The summed E-state index contributed by atoms with van der Waals surface area (Å²) in [6, 6.07) is 15.0. The van der Waals surface area contributed by atoms with Crippen LogP contribution in [-0.4, -0.2) is 36.3 Å². The molecule has 1 saturated heterocycles. The summed E-state index contributed by atoms with van der Waals surface area (Å²) < 4.78 is 0. The number of benzene rings is 2. The van der Waals surface area contributed by atoms with Gasteiger partial charge >= 0.3 is 0 Å². The molecule has 130 valence electrons. The molecule has 5 heteroatoms. The summed E-state index contributed by atoms with van der Waals surface area (Å²) in [6.07, 6.45) is 2.12. The van der Waals surface area contributed by atoms with E-state index < -0.39 is 0 Å². The van der Waals surface area contributed by atoms with E-state index >= 15 is 0 Å². The molecular formula is C20H23N3O2. The third kappa shape index (κ3) is 4.59. The Morgan fingerprint density at radius 3 is 2.44 bits per heavy atom. The molecule has 1 heterocycles. The number of likely N-dealkylation sites (tertiary alicyclic amines) is 1. The van der Waals surface area contributed by atoms with Crippen LogP contribution in [0.4, 0.5) is 11.4 Å². The van der Waals surface area contributed by atoms with Gasteiger partial charge < -0.3 is 15.5 Å². The molecule has 0 spiro atoms. The molecule has 0 radical (unpaired) electrons. The first-order valence-corrected chi connectivity index (χ1v) is 8.61. The molecule has 0 aliphatic carbocycles. The zero-order valence-electron chi connectivity index (χ0n) is 14.4. The molecule has 2 N–H and O–H groups in total. The van der Waals surface area contributed by atoms with Gasteiger partial charge in [-0.1, -0.05) is 23.8 Å². The molecule has 2 aromatic carbocycles. The van der Waals surface area contributed by atoms with E-state index in [1.165, 1.54) is 5.56 Å². The van der Waals surface area contributed by atoms with Crippen LogP contribution in [0, 0.1) is 6.92 Å². The fraction of sp³-hybridized carbons (Fsp3) is 0.300. The van der Waals surface area contributed by atoms with Crippen molar-refractivity contribution in [3.63, 3.8) is 0 Å². The Morgan fingerprint density at radius 1 is 1.00 bits per heavy atom. The van der Waals surface area contributed by atoms with E-state index in [0.717, 1.165) is 31.6 Å². The summed E-state index contributed by atoms with van der Waals surface area (Å²) in [5.41, 5.74) is 3.33. The van der Waals surface area contributed by atoms with Crippen molar-refractivity contribution in [2.45, 2.75) is 19.8 Å². The molecule has 1 aliphatic rings. The quantitative estimate of drug-likeness (QED) is 0.880. The van der Waals surface area contributed by atoms with Gasteiger partial charge in [-0.2, -0.15) is 0 Å². The minimum absolute atomic E-state index is 0.0337. The summed E-state index contributed by atoms with van der Waals surface area (Å²) in [4.78, 5) is 26.4. The second-order valence-corrected chi connectivity index (χ2v) is 6.35. The highest BCUT2D eigenvalue weighted by atomic mass is 16.2. The third-order valence-corrected chi connectivity index (χ3v) is 4.29. The summed E-state index contributed by atoms with van der Waals surface area (Å²) in [6.45, 7) is 3.83. The van der Waals surface area contributed by atoms with Crippen LogP contribution in [0.5, 0.6) is 0 Å². The van der Waals surface area contributed by atoms with Crippen LogP contribution in [0.2, 0.25) is 0 Å². The molecule has 0 atom stereocenters. The van der Waals surface area contributed by atoms with E-state index in [0.29, 0.717) is 11.3 Å². The number of nitrogens with one attached hydrogen (secondary N) is 2. The lowest BCUT2D eigenvalue weighted by molar-refractivity contribution is -0.114. The Labute approximate surface area is 148 Å². The number of carbonyl (C=O) groups is 2. The van der Waals surface area contributed by atoms with Gasteiger partial charge in [0.25, 0.3) is 5.91 Å². The summed E-state index contributed by atoms with van der Waals surface area (Å²) in [5.74, 6) is -0.113. The molecule has 3 rings (SSSR count). The topological polar surface area (TPSA) is 61.4 Å². The molecule has 1 fully saturated rings. The van der Waals surface area contributed by atoms with Crippen LogP contribution in [0.25, 0.3) is 0 Å². The van der Waals surface area contributed by atoms with Crippen molar-refractivity contribution < 1.29 is 9.59 Å². The Kier molecular flexibility index (Phi) is 5.33. The molecule has 0 unspecified atom stereocenters. The number of aryl methyl sites for hydroxylation is 1. The monoisotopic (exact) mass is 337 g/mol. The number of amides is 2. The first-order chi connectivity index (χ1) is 12.1. The minimum atomic E-state index is -0.147. The van der Waals surface area contributed by atoms with Crippen molar-refractivity contribution >= 4 is 23.2 Å². The highest BCUT2D eigenvalue weighted by Gasteiger charge is 2.19. The Balaban J connectivity index is 1.56. The van der Waals surface area contributed by atoms with Gasteiger partial charge in [0.05, 0.1) is 6.54 Å². The van der Waals surface area contributed by atoms with Gasteiger partial charge in [-0.3, -0.25) is 9.59 Å². The van der Waals surface area contributed by atoms with E-state index in [9.17, 15) is 9.59 Å². The Bertz CT molecular complexity index is 750. The fourth-order valence-corrected chi connectivity index (χ4v) is 2.89. The van der Waals surface area contributed by atoms with Gasteiger partial charge in [-0.15, -0.1) is 0 Å². The molecule has 0 aromatic heterocycles. The second-order valence-electron chi connectivity index (χ2n) is 6.35. The molecule has 0 bridgehead atoms. The largest absolute Gasteiger partial charge is 0.376 e. The average Bonchev–Trinajstić information content (AvgIpc) is 3.15. The van der Waals surface area contributed by atoms with Gasteiger partial charge in [0.2, 0.25) is 5.91 Å². The number of hydrogen-bond acceptors (Lipinski definition) is 3. The third-order valence-electron chi connectivity index (χ3n) is 4.29. The fourth-order valence-electron chi connectivity index (χ4n) is 2.89. The van der Waals surface area contributed by atoms with E-state index in [4.69, 9.17) is 0 Å². The van der Waals surface area contributed by atoms with Crippen LogP contribution in [0.3, 0.4) is 0 Å². The lowest BCUT2D eigenvalue weighted by Gasteiger charge is -2.16. The normalized spacial score (nSPS) is 13.6. The van der Waals surface area contributed by atoms with Crippen molar-refractivity contribution in [1.29, 1.82) is 0 Å². The van der Waals surface area contributed by atoms with E-state index in [1.807, 2.05) is 36.1 Å². The lowest BCUT2D eigenvalue weighted by atomic mass is 10.1. The van der Waals surface area contributed by atoms with Gasteiger partial charge in [-0.25, -0.2) is 0 Å². The van der Waals surface area contributed by atoms with E-state index in [1.54, 1.807) is 24.3 Å². The highest BCUT2D eigenvalue weighted by molar-refractivity contribution is 5.98. The van der Waals surface area contributed by atoms with Crippen molar-refractivity contribution in [3.05, 3.63) is 59.7 Å². The molecule has 0 saturated carbocycles. The minimum Gasteiger partial charge on any atom is -0.376 e. The Morgan fingerprint density at radius 2 is 1.72 bits per heavy atom. The molecule has 1 aliphatic heterocycles. The lowest BCUT2D eigenvalue weighted by Crippen LogP contribution is -2.27. The van der Waals surface area contributed by atoms with Gasteiger partial charge in [0.1, 0.15) is 0 Å². The number of rotatable bonds is 5. The Hall–Kier alpha value is -2.82. The first-order valence-electron chi connectivity index (χ1n) is 8.61. The summed E-state index contributed by atoms with van der Waals surface area (Å²) in [7, 11) is 0. The van der Waals surface area contributed by atoms with Crippen molar-refractivity contribution in [3.8, 4) is 0 Å². The molecule has 2 amide bonds. The predicted octanol–water partition coefficient (Wildman–Crippen LogP) is 3.28. The standard InChI is InChI=1S/C20H23N3O2/c1-15-7-9-17(10-8-15)21-14-19(24)22-18-6-4-5-16(13-18)20(25)23-11-2-3-12-23/h4-10,13,21H,2-3,11-12,14H2,1H3,(H,22,24). The maximum atomic E-state index is 12.4. The van der Waals surface area contributed by atoms with Gasteiger partial charge in [0, 0.05) is 30.0 Å². The zero-order valence-corrected chi connectivity index (χ0v) is 14.4. The van der Waals surface area contributed by atoms with Crippen LogP contribution < -0.4 is 10.6 Å². The number of nitrogens with zero attached hydrogens (tertiary/aromatic N) is 1. The van der Waals surface area contributed by atoms with Crippen molar-refractivity contribution in [1.82, 2.24) is 4.90 Å². The van der Waals surface area contributed by atoms with E-state index in [-0.39, 0.29) is 18.4 Å². The van der Waals surface area contributed by atoms with Crippen LogP contribution in [0.1, 0.15) is 28.8 Å². The smallest absolute Gasteiger partial charge is 0.253 e. The number of carbonyl (C=O) groups excluding carboxylic acids is 2. The van der Waals surface area contributed by atoms with Crippen molar-refractivity contribution in [2.75, 3.05) is 30.3 Å². The molecule has 25 heavy (non-hydrogen) atoms. The van der Waals surface area contributed by atoms with E-state index in [2.05, 4.69) is 10.6 Å². The summed E-state index contributed by atoms with van der Waals surface area (Å²) >= 11 is 0. The SMILES string of the molecule is Cc1ccc(NCC(=O)Nc2cccc(C(=O)N3CCCC3)c2)cc1. The average molecular weight is 337 g/mol. The maximum Gasteiger partial charge on any atom is 0.253 e. The first kappa shape index (κ1) is 17.0. The molecule has 2 aromatic rings. The molecule has 5 nitrogen and oxygen atoms in total. The number of hydrogen-bond donors (Lipinski definition) is 2. The van der Waals surface area contributed by atoms with Crippen LogP contribution in [0.15, 0.2) is 48.5 Å². The van der Waals surface area contributed by atoms with Crippen molar-refractivity contribution in [2.24, 2.45) is 0 Å². The highest BCUT2D eigenvalue weighted by Crippen LogP contribution is 2.16. The zero-order chi connectivity index (χ0) is 17.6. The number of anilines is 2. The van der Waals surface area contributed by atoms with Gasteiger partial charge in [-0.05, 0) is 50.1 Å². The predicted molar refractivity (Wildman–Crippen MR) is 99.9 cm³/mol.